The van der Waals surface area contributed by atoms with E-state index in [4.69, 9.17) is 0 Å². The minimum Gasteiger partial charge on any atom is -0.387 e. The highest BCUT2D eigenvalue weighted by atomic mass is 16.3. The van der Waals surface area contributed by atoms with Crippen molar-refractivity contribution >= 4 is 17.5 Å². The molecular weight excluding hydrogens is 390 g/mol. The SMILES string of the molecule is CC(C)C[C@H](NC(=O)[C@@H](NC[C@@H](O)c1ccccc1)C(C)C)C(=O)Nc1ccccc1. The molecule has 2 aromatic rings. The van der Waals surface area contributed by atoms with Crippen molar-refractivity contribution in [2.75, 3.05) is 11.9 Å². The zero-order valence-corrected chi connectivity index (χ0v) is 18.8. The lowest BCUT2D eigenvalue weighted by atomic mass is 9.99. The molecule has 31 heavy (non-hydrogen) atoms. The van der Waals surface area contributed by atoms with Crippen LogP contribution in [-0.4, -0.2) is 35.5 Å². The molecule has 0 aliphatic carbocycles. The number of nitrogens with one attached hydrogen (secondary N) is 3. The molecule has 0 aliphatic rings. The van der Waals surface area contributed by atoms with E-state index in [-0.39, 0.29) is 30.2 Å². The molecule has 0 heterocycles. The number of benzene rings is 2. The van der Waals surface area contributed by atoms with Crippen LogP contribution in [0.15, 0.2) is 60.7 Å². The Morgan fingerprint density at radius 3 is 2.00 bits per heavy atom. The highest BCUT2D eigenvalue weighted by Crippen LogP contribution is 2.14. The predicted octanol–water partition coefficient (Wildman–Crippen LogP) is 3.50. The molecule has 0 fully saturated rings. The summed E-state index contributed by atoms with van der Waals surface area (Å²) in [4.78, 5) is 25.9. The van der Waals surface area contributed by atoms with Gasteiger partial charge in [-0.2, -0.15) is 0 Å². The largest absolute Gasteiger partial charge is 0.387 e. The van der Waals surface area contributed by atoms with Gasteiger partial charge in [0.25, 0.3) is 0 Å². The summed E-state index contributed by atoms with van der Waals surface area (Å²) < 4.78 is 0. The van der Waals surface area contributed by atoms with Gasteiger partial charge >= 0.3 is 0 Å². The lowest BCUT2D eigenvalue weighted by molar-refractivity contribution is -0.129. The van der Waals surface area contributed by atoms with Crippen molar-refractivity contribution < 1.29 is 14.7 Å². The lowest BCUT2D eigenvalue weighted by Crippen LogP contribution is -2.54. The van der Waals surface area contributed by atoms with Crippen molar-refractivity contribution in [1.29, 1.82) is 0 Å². The third kappa shape index (κ3) is 8.15. The average molecular weight is 426 g/mol. The van der Waals surface area contributed by atoms with Gasteiger partial charge in [-0.3, -0.25) is 9.59 Å². The van der Waals surface area contributed by atoms with Gasteiger partial charge < -0.3 is 21.1 Å². The van der Waals surface area contributed by atoms with E-state index in [9.17, 15) is 14.7 Å². The van der Waals surface area contributed by atoms with Crippen molar-refractivity contribution in [3.8, 4) is 0 Å². The van der Waals surface area contributed by atoms with Gasteiger partial charge in [-0.15, -0.1) is 0 Å². The summed E-state index contributed by atoms with van der Waals surface area (Å²) in [6.45, 7) is 8.15. The molecule has 0 aromatic heterocycles. The van der Waals surface area contributed by atoms with Crippen LogP contribution in [0.1, 0.15) is 45.8 Å². The number of hydrogen-bond acceptors (Lipinski definition) is 4. The molecule has 4 N–H and O–H groups in total. The Bertz CT molecular complexity index is 809. The Labute approximate surface area is 185 Å². The van der Waals surface area contributed by atoms with Gasteiger partial charge in [0.05, 0.1) is 12.1 Å². The second-order valence-corrected chi connectivity index (χ2v) is 8.60. The maximum Gasteiger partial charge on any atom is 0.246 e. The number of amides is 2. The Morgan fingerprint density at radius 1 is 0.871 bits per heavy atom. The van der Waals surface area contributed by atoms with Crippen LogP contribution in [0.3, 0.4) is 0 Å². The highest BCUT2D eigenvalue weighted by molar-refractivity contribution is 5.97. The Kier molecular flexibility index (Phi) is 9.69. The summed E-state index contributed by atoms with van der Waals surface area (Å²) in [6.07, 6.45) is -0.190. The van der Waals surface area contributed by atoms with E-state index in [1.54, 1.807) is 0 Å². The molecule has 0 radical (unpaired) electrons. The summed E-state index contributed by atoms with van der Waals surface area (Å²) in [5, 5.41) is 19.4. The third-order valence-corrected chi connectivity index (χ3v) is 5.05. The lowest BCUT2D eigenvalue weighted by Gasteiger charge is -2.27. The second-order valence-electron chi connectivity index (χ2n) is 8.60. The maximum absolute atomic E-state index is 13.0. The normalized spacial score (nSPS) is 14.2. The van der Waals surface area contributed by atoms with E-state index in [2.05, 4.69) is 16.0 Å². The number of para-hydroxylation sites is 1. The molecule has 2 aromatic carbocycles. The van der Waals surface area contributed by atoms with Crippen LogP contribution in [0.2, 0.25) is 0 Å². The molecule has 0 unspecified atom stereocenters. The maximum atomic E-state index is 13.0. The van der Waals surface area contributed by atoms with Gasteiger partial charge in [-0.1, -0.05) is 76.2 Å². The van der Waals surface area contributed by atoms with Crippen LogP contribution < -0.4 is 16.0 Å². The summed E-state index contributed by atoms with van der Waals surface area (Å²) in [5.41, 5.74) is 1.48. The fourth-order valence-electron chi connectivity index (χ4n) is 3.38. The van der Waals surface area contributed by atoms with E-state index in [1.165, 1.54) is 0 Å². The van der Waals surface area contributed by atoms with E-state index < -0.39 is 18.2 Å². The van der Waals surface area contributed by atoms with Gasteiger partial charge in [-0.25, -0.2) is 0 Å². The monoisotopic (exact) mass is 425 g/mol. The Morgan fingerprint density at radius 2 is 1.45 bits per heavy atom. The second kappa shape index (κ2) is 12.2. The first-order chi connectivity index (χ1) is 14.8. The number of aliphatic hydroxyl groups excluding tert-OH is 1. The minimum atomic E-state index is -0.719. The van der Waals surface area contributed by atoms with E-state index in [0.29, 0.717) is 12.1 Å². The number of anilines is 1. The van der Waals surface area contributed by atoms with Gasteiger partial charge in [0.1, 0.15) is 6.04 Å². The first-order valence-corrected chi connectivity index (χ1v) is 10.9. The van der Waals surface area contributed by atoms with Gasteiger partial charge in [0.15, 0.2) is 0 Å². The number of aliphatic hydroxyl groups is 1. The number of hydrogen-bond donors (Lipinski definition) is 4. The van der Waals surface area contributed by atoms with Crippen LogP contribution in [0.4, 0.5) is 5.69 Å². The van der Waals surface area contributed by atoms with Crippen molar-refractivity contribution in [2.45, 2.75) is 52.3 Å². The molecule has 0 aliphatic heterocycles. The van der Waals surface area contributed by atoms with Crippen LogP contribution in [0, 0.1) is 11.8 Å². The van der Waals surface area contributed by atoms with Crippen LogP contribution >= 0.6 is 0 Å². The molecule has 2 amide bonds. The zero-order valence-electron chi connectivity index (χ0n) is 18.8. The quantitative estimate of drug-likeness (QED) is 0.444. The fourth-order valence-corrected chi connectivity index (χ4v) is 3.38. The fraction of sp³-hybridized carbons (Fsp3) is 0.440. The molecule has 3 atom stereocenters. The first-order valence-electron chi connectivity index (χ1n) is 10.9. The van der Waals surface area contributed by atoms with Crippen LogP contribution in [-0.2, 0) is 9.59 Å². The molecule has 0 bridgehead atoms. The third-order valence-electron chi connectivity index (χ3n) is 5.05. The number of carbonyl (C=O) groups is 2. The first kappa shape index (κ1) is 24.6. The molecule has 2 rings (SSSR count). The van der Waals surface area contributed by atoms with Gasteiger partial charge in [0.2, 0.25) is 11.8 Å². The van der Waals surface area contributed by atoms with Crippen LogP contribution in [0.25, 0.3) is 0 Å². The van der Waals surface area contributed by atoms with Crippen molar-refractivity contribution in [1.82, 2.24) is 10.6 Å². The van der Waals surface area contributed by atoms with Gasteiger partial charge in [-0.05, 0) is 36.0 Å². The molecule has 0 spiro atoms. The van der Waals surface area contributed by atoms with E-state index in [0.717, 1.165) is 5.56 Å². The smallest absolute Gasteiger partial charge is 0.246 e. The summed E-state index contributed by atoms with van der Waals surface area (Å²) in [5.74, 6) is -0.263. The van der Waals surface area contributed by atoms with Crippen molar-refractivity contribution in [2.24, 2.45) is 11.8 Å². The number of carbonyl (C=O) groups excluding carboxylic acids is 2. The Balaban J connectivity index is 2.02. The molecule has 6 heteroatoms. The van der Waals surface area contributed by atoms with Crippen molar-refractivity contribution in [3.05, 3.63) is 66.2 Å². The average Bonchev–Trinajstić information content (AvgIpc) is 2.74. The molecule has 168 valence electrons. The highest BCUT2D eigenvalue weighted by Gasteiger charge is 2.28. The molecule has 6 nitrogen and oxygen atoms in total. The number of rotatable bonds is 11. The minimum absolute atomic E-state index is 0.0140. The summed E-state index contributed by atoms with van der Waals surface area (Å²) in [7, 11) is 0. The predicted molar refractivity (Wildman–Crippen MR) is 124 cm³/mol. The zero-order chi connectivity index (χ0) is 22.8. The summed E-state index contributed by atoms with van der Waals surface area (Å²) in [6, 6.07) is 17.4. The molecule has 0 saturated heterocycles. The van der Waals surface area contributed by atoms with E-state index >= 15 is 0 Å². The van der Waals surface area contributed by atoms with Gasteiger partial charge in [0, 0.05) is 12.2 Å². The standard InChI is InChI=1S/C25H35N3O3/c1-17(2)15-21(24(30)27-20-13-9-6-10-14-20)28-25(31)23(18(3)4)26-16-22(29)19-11-7-5-8-12-19/h5-14,17-18,21-23,26,29H,15-16H2,1-4H3,(H,27,30)(H,28,31)/t21-,22+,23-/m0/s1. The van der Waals surface area contributed by atoms with Crippen molar-refractivity contribution in [3.63, 3.8) is 0 Å². The summed E-state index contributed by atoms with van der Waals surface area (Å²) >= 11 is 0. The Hall–Kier alpha value is -2.70. The van der Waals surface area contributed by atoms with Crippen LogP contribution in [0.5, 0.6) is 0 Å². The molecule has 0 saturated carbocycles. The van der Waals surface area contributed by atoms with E-state index in [1.807, 2.05) is 88.4 Å². The topological polar surface area (TPSA) is 90.5 Å². The molecular formula is C25H35N3O3.